The minimum Gasteiger partial charge on any atom is -0.481 e. The third-order valence-electron chi connectivity index (χ3n) is 4.70. The average Bonchev–Trinajstić information content (AvgIpc) is 2.34. The fourth-order valence-corrected chi connectivity index (χ4v) is 3.12. The van der Waals surface area contributed by atoms with Gasteiger partial charge in [-0.15, -0.1) is 0 Å². The molecular weight excluding hydrogens is 244 g/mol. The Morgan fingerprint density at radius 1 is 1.37 bits per heavy atom. The molecule has 2 aliphatic heterocycles. The largest absolute Gasteiger partial charge is 0.481 e. The van der Waals surface area contributed by atoms with Gasteiger partial charge in [-0.05, 0) is 33.7 Å². The highest BCUT2D eigenvalue weighted by Crippen LogP contribution is 2.31. The summed E-state index contributed by atoms with van der Waals surface area (Å²) in [6.07, 6.45) is 1.58. The van der Waals surface area contributed by atoms with E-state index in [0.717, 1.165) is 32.5 Å². The standard InChI is InChI=1S/C14H26N2O3/c1-13(2)9-16(7-6-15(13)3)10-14(12(17)18)5-4-8-19-11-14/h4-11H2,1-3H3,(H,17,18). The van der Waals surface area contributed by atoms with Gasteiger partial charge in [0.15, 0.2) is 0 Å². The van der Waals surface area contributed by atoms with Crippen LogP contribution in [0.4, 0.5) is 0 Å². The topological polar surface area (TPSA) is 53.0 Å². The van der Waals surface area contributed by atoms with E-state index in [1.807, 2.05) is 0 Å². The molecule has 0 aromatic rings. The van der Waals surface area contributed by atoms with Gasteiger partial charge in [-0.1, -0.05) is 0 Å². The Labute approximate surface area is 115 Å². The number of nitrogens with zero attached hydrogens (tertiary/aromatic N) is 2. The smallest absolute Gasteiger partial charge is 0.313 e. The Bertz CT molecular complexity index is 338. The van der Waals surface area contributed by atoms with Crippen molar-refractivity contribution in [2.24, 2.45) is 5.41 Å². The average molecular weight is 270 g/mol. The van der Waals surface area contributed by atoms with Crippen molar-refractivity contribution in [2.45, 2.75) is 32.2 Å². The molecule has 0 spiro atoms. The van der Waals surface area contributed by atoms with Crippen molar-refractivity contribution in [1.29, 1.82) is 0 Å². The maximum absolute atomic E-state index is 11.7. The van der Waals surface area contributed by atoms with E-state index in [4.69, 9.17) is 4.74 Å². The van der Waals surface area contributed by atoms with Crippen molar-refractivity contribution in [1.82, 2.24) is 9.80 Å². The van der Waals surface area contributed by atoms with Gasteiger partial charge in [0, 0.05) is 38.3 Å². The van der Waals surface area contributed by atoms with Crippen molar-refractivity contribution < 1.29 is 14.6 Å². The summed E-state index contributed by atoms with van der Waals surface area (Å²) < 4.78 is 5.44. The number of piperazine rings is 1. The minimum atomic E-state index is -0.705. The molecule has 5 heteroatoms. The first kappa shape index (κ1) is 14.8. The van der Waals surface area contributed by atoms with E-state index < -0.39 is 11.4 Å². The predicted octanol–water partition coefficient (Wildman–Crippen LogP) is 0.894. The molecule has 0 aliphatic carbocycles. The zero-order chi connectivity index (χ0) is 14.1. The second-order valence-corrected chi connectivity index (χ2v) is 6.69. The molecule has 0 aromatic carbocycles. The van der Waals surface area contributed by atoms with Gasteiger partial charge in [-0.2, -0.15) is 0 Å². The van der Waals surface area contributed by atoms with Crippen molar-refractivity contribution in [3.05, 3.63) is 0 Å². The summed E-state index contributed by atoms with van der Waals surface area (Å²) in [5, 5.41) is 9.58. The van der Waals surface area contributed by atoms with Crippen molar-refractivity contribution in [3.8, 4) is 0 Å². The number of hydrogen-bond donors (Lipinski definition) is 1. The number of carboxylic acids is 1. The van der Waals surface area contributed by atoms with Gasteiger partial charge < -0.3 is 9.84 Å². The zero-order valence-electron chi connectivity index (χ0n) is 12.3. The molecule has 1 atom stereocenters. The van der Waals surface area contributed by atoms with Crippen LogP contribution < -0.4 is 0 Å². The van der Waals surface area contributed by atoms with Crippen LogP contribution in [0.25, 0.3) is 0 Å². The van der Waals surface area contributed by atoms with E-state index >= 15 is 0 Å². The van der Waals surface area contributed by atoms with Gasteiger partial charge in [-0.25, -0.2) is 0 Å². The molecule has 2 aliphatic rings. The SMILES string of the molecule is CN1CCN(CC2(C(=O)O)CCCOC2)CC1(C)C. The van der Waals surface area contributed by atoms with Crippen molar-refractivity contribution in [3.63, 3.8) is 0 Å². The summed E-state index contributed by atoms with van der Waals surface area (Å²) in [6, 6.07) is 0. The zero-order valence-corrected chi connectivity index (χ0v) is 12.3. The fraction of sp³-hybridized carbons (Fsp3) is 0.929. The normalized spacial score (nSPS) is 33.2. The Morgan fingerprint density at radius 2 is 2.11 bits per heavy atom. The maximum Gasteiger partial charge on any atom is 0.313 e. The Kier molecular flexibility index (Phi) is 4.18. The van der Waals surface area contributed by atoms with E-state index in [1.54, 1.807) is 0 Å². The Hall–Kier alpha value is -0.650. The number of carbonyl (C=O) groups is 1. The van der Waals surface area contributed by atoms with Gasteiger partial charge in [0.05, 0.1) is 6.61 Å². The van der Waals surface area contributed by atoms with Gasteiger partial charge in [0.2, 0.25) is 0 Å². The second-order valence-electron chi connectivity index (χ2n) is 6.69. The predicted molar refractivity (Wildman–Crippen MR) is 73.3 cm³/mol. The van der Waals surface area contributed by atoms with Gasteiger partial charge in [0.1, 0.15) is 5.41 Å². The van der Waals surface area contributed by atoms with Crippen LogP contribution in [0, 0.1) is 5.41 Å². The highest BCUT2D eigenvalue weighted by Gasteiger charge is 2.44. The summed E-state index contributed by atoms with van der Waals surface area (Å²) in [7, 11) is 2.13. The molecule has 2 heterocycles. The van der Waals surface area contributed by atoms with E-state index in [-0.39, 0.29) is 5.54 Å². The van der Waals surface area contributed by atoms with Crippen LogP contribution in [0.5, 0.6) is 0 Å². The molecule has 0 saturated carbocycles. The first-order valence-corrected chi connectivity index (χ1v) is 7.11. The molecule has 2 rings (SSSR count). The molecular formula is C14H26N2O3. The monoisotopic (exact) mass is 270 g/mol. The molecule has 2 saturated heterocycles. The van der Waals surface area contributed by atoms with Crippen molar-refractivity contribution >= 4 is 5.97 Å². The van der Waals surface area contributed by atoms with Crippen LogP contribution in [0.15, 0.2) is 0 Å². The lowest BCUT2D eigenvalue weighted by atomic mass is 9.81. The molecule has 1 N–H and O–H groups in total. The molecule has 0 bridgehead atoms. The van der Waals surface area contributed by atoms with Gasteiger partial charge in [-0.3, -0.25) is 14.6 Å². The molecule has 0 aromatic heterocycles. The number of ether oxygens (including phenoxy) is 1. The number of rotatable bonds is 3. The summed E-state index contributed by atoms with van der Waals surface area (Å²) in [4.78, 5) is 16.3. The molecule has 2 fully saturated rings. The number of aliphatic carboxylic acids is 1. The van der Waals surface area contributed by atoms with E-state index in [1.165, 1.54) is 0 Å². The number of likely N-dealkylation sites (N-methyl/N-ethyl adjacent to an activating group) is 1. The lowest BCUT2D eigenvalue weighted by Gasteiger charge is -2.48. The van der Waals surface area contributed by atoms with E-state index in [9.17, 15) is 9.90 Å². The van der Waals surface area contributed by atoms with Crippen LogP contribution in [0.1, 0.15) is 26.7 Å². The van der Waals surface area contributed by atoms with Gasteiger partial charge >= 0.3 is 5.97 Å². The molecule has 110 valence electrons. The molecule has 5 nitrogen and oxygen atoms in total. The molecule has 0 radical (unpaired) electrons. The van der Waals surface area contributed by atoms with Crippen LogP contribution in [0.3, 0.4) is 0 Å². The van der Waals surface area contributed by atoms with Crippen LogP contribution in [-0.4, -0.2) is 72.9 Å². The first-order chi connectivity index (χ1) is 8.86. The molecule has 0 amide bonds. The highest BCUT2D eigenvalue weighted by atomic mass is 16.5. The highest BCUT2D eigenvalue weighted by molar-refractivity contribution is 5.75. The third-order valence-corrected chi connectivity index (χ3v) is 4.70. The Balaban J connectivity index is 2.04. The number of hydrogen-bond acceptors (Lipinski definition) is 4. The summed E-state index contributed by atoms with van der Waals surface area (Å²) in [5.41, 5.74) is -0.599. The number of carboxylic acid groups (broad SMARTS) is 1. The lowest BCUT2D eigenvalue weighted by Crippen LogP contribution is -2.60. The minimum absolute atomic E-state index is 0.105. The quantitative estimate of drug-likeness (QED) is 0.825. The summed E-state index contributed by atoms with van der Waals surface area (Å²) in [5.74, 6) is -0.705. The van der Waals surface area contributed by atoms with E-state index in [0.29, 0.717) is 19.8 Å². The third kappa shape index (κ3) is 3.09. The molecule has 19 heavy (non-hydrogen) atoms. The van der Waals surface area contributed by atoms with Crippen LogP contribution in [-0.2, 0) is 9.53 Å². The first-order valence-electron chi connectivity index (χ1n) is 7.11. The fourth-order valence-electron chi connectivity index (χ4n) is 3.12. The van der Waals surface area contributed by atoms with Crippen LogP contribution in [0.2, 0.25) is 0 Å². The lowest BCUT2D eigenvalue weighted by molar-refractivity contribution is -0.160. The second kappa shape index (κ2) is 5.38. The van der Waals surface area contributed by atoms with Crippen molar-refractivity contribution in [2.75, 3.05) is 46.4 Å². The Morgan fingerprint density at radius 3 is 2.63 bits per heavy atom. The summed E-state index contributed by atoms with van der Waals surface area (Å²) >= 11 is 0. The van der Waals surface area contributed by atoms with Crippen LogP contribution >= 0.6 is 0 Å². The summed E-state index contributed by atoms with van der Waals surface area (Å²) in [6.45, 7) is 8.93. The maximum atomic E-state index is 11.7. The van der Waals surface area contributed by atoms with Gasteiger partial charge in [0.25, 0.3) is 0 Å². The van der Waals surface area contributed by atoms with E-state index in [2.05, 4.69) is 30.7 Å². The molecule has 1 unspecified atom stereocenters.